The van der Waals surface area contributed by atoms with Gasteiger partial charge in [0.1, 0.15) is 0 Å². The number of hydrogen-bond donors (Lipinski definition) is 2. The van der Waals surface area contributed by atoms with Gasteiger partial charge >= 0.3 is 8.60 Å². The van der Waals surface area contributed by atoms with E-state index < -0.39 is 20.0 Å². The third-order valence-corrected chi connectivity index (χ3v) is 1.15. The van der Waals surface area contributed by atoms with Crippen LogP contribution in [-0.4, -0.2) is 18.5 Å². The summed E-state index contributed by atoms with van der Waals surface area (Å²) in [6.45, 7) is 0. The van der Waals surface area contributed by atoms with Crippen molar-refractivity contribution in [3.63, 3.8) is 0 Å². The predicted molar refractivity (Wildman–Crippen MR) is 21.4 cm³/mol. The lowest BCUT2D eigenvalue weighted by Gasteiger charge is -2.02. The van der Waals surface area contributed by atoms with E-state index in [0.29, 0.717) is 0 Å². The third-order valence-electron chi connectivity index (χ3n) is 0.128. The highest BCUT2D eigenvalue weighted by molar-refractivity contribution is 7.78. The zero-order valence-electron chi connectivity index (χ0n) is 2.97. The fraction of sp³-hybridized carbons (Fsp3) is 0. The van der Waals surface area contributed by atoms with Crippen LogP contribution in [0.15, 0.2) is 0 Å². The molecule has 0 aromatic rings. The van der Waals surface area contributed by atoms with Crippen LogP contribution in [0.3, 0.4) is 0 Å². The van der Waals surface area contributed by atoms with Crippen molar-refractivity contribution in [2.45, 2.75) is 0 Å². The minimum absolute atomic E-state index is 2.75. The summed E-state index contributed by atoms with van der Waals surface area (Å²) >= 11 is -2.82. The molecule has 7 heteroatoms. The molecule has 7 heavy (non-hydrogen) atoms. The van der Waals surface area contributed by atoms with Crippen LogP contribution in [-0.2, 0) is 15.3 Å². The zero-order valence-corrected chi connectivity index (χ0v) is 4.69. The summed E-state index contributed by atoms with van der Waals surface area (Å²) in [4.78, 5) is 15.5. The minimum atomic E-state index is -2.82. The molecule has 0 aliphatic carbocycles. The summed E-state index contributed by atoms with van der Waals surface area (Å²) in [5, 5.41) is 0. The molecule has 0 aromatic heterocycles. The number of rotatable bonds is 2. The van der Waals surface area contributed by atoms with Gasteiger partial charge in [-0.3, -0.25) is 0 Å². The quantitative estimate of drug-likeness (QED) is 0.384. The molecule has 0 aliphatic heterocycles. The fourth-order valence-corrected chi connectivity index (χ4v) is 0.490. The van der Waals surface area contributed by atoms with Gasteiger partial charge in [-0.2, -0.15) is 0 Å². The smallest absolute Gasteiger partial charge is 0.340 e. The highest BCUT2D eigenvalue weighted by atomic mass is 32.2. The first kappa shape index (κ1) is 7.42. The van der Waals surface area contributed by atoms with Gasteiger partial charge in [-0.25, -0.2) is 8.18 Å². The van der Waals surface area contributed by atoms with Gasteiger partial charge in [-0.15, -0.1) is 0 Å². The molecular weight excluding hydrogens is 143 g/mol. The van der Waals surface area contributed by atoms with Crippen LogP contribution in [0.25, 0.3) is 0 Å². The topological polar surface area (TPSA) is 89.8 Å². The van der Waals surface area contributed by atoms with Crippen LogP contribution < -0.4 is 0 Å². The van der Waals surface area contributed by atoms with Gasteiger partial charge in [0, 0.05) is 0 Å². The van der Waals surface area contributed by atoms with E-state index in [4.69, 9.17) is 9.79 Å². The summed E-state index contributed by atoms with van der Waals surface area (Å²) in [6, 6.07) is 0. The predicted octanol–water partition coefficient (Wildman–Crippen LogP) is -0.991. The van der Waals surface area contributed by atoms with Crippen molar-refractivity contribution in [3.8, 4) is 0 Å². The SMILES string of the molecule is O=S([O-])OP(O)O. The van der Waals surface area contributed by atoms with Crippen molar-refractivity contribution in [1.82, 2.24) is 0 Å². The molecule has 0 aliphatic rings. The van der Waals surface area contributed by atoms with Gasteiger partial charge in [0.05, 0.1) is 11.4 Å². The lowest BCUT2D eigenvalue weighted by molar-refractivity contribution is 0.360. The molecule has 1 unspecified atom stereocenters. The third kappa shape index (κ3) is 6.42. The first-order valence-corrected chi connectivity index (χ1v) is 3.25. The lowest BCUT2D eigenvalue weighted by Crippen LogP contribution is -1.87. The fourth-order valence-electron chi connectivity index (χ4n) is 0.0544. The van der Waals surface area contributed by atoms with Crippen molar-refractivity contribution < 1.29 is 22.5 Å². The van der Waals surface area contributed by atoms with Crippen molar-refractivity contribution in [1.29, 1.82) is 0 Å². The normalized spacial score (nSPS) is 14.9. The first-order chi connectivity index (χ1) is 3.13. The molecule has 0 spiro atoms. The monoisotopic (exact) mass is 145 g/mol. The lowest BCUT2D eigenvalue weighted by atomic mass is 15.8. The Morgan fingerprint density at radius 1 is 1.71 bits per heavy atom. The molecular formula is H2O5PS-. The maximum Gasteiger partial charge on any atom is 0.340 e. The molecule has 44 valence electrons. The average Bonchev–Trinajstić information content (AvgIpc) is 1.27. The van der Waals surface area contributed by atoms with E-state index in [0.717, 1.165) is 0 Å². The van der Waals surface area contributed by atoms with Gasteiger partial charge in [-0.1, -0.05) is 0 Å². The average molecular weight is 145 g/mol. The summed E-state index contributed by atoms with van der Waals surface area (Å²) in [5.41, 5.74) is 0. The van der Waals surface area contributed by atoms with Crippen molar-refractivity contribution in [2.75, 3.05) is 0 Å². The van der Waals surface area contributed by atoms with E-state index in [1.54, 1.807) is 0 Å². The molecule has 5 nitrogen and oxygen atoms in total. The van der Waals surface area contributed by atoms with Gasteiger partial charge in [-0.05, 0) is 0 Å². The summed E-state index contributed by atoms with van der Waals surface area (Å²) < 4.78 is 21.9. The van der Waals surface area contributed by atoms with Crippen molar-refractivity contribution >= 4 is 20.0 Å². The molecule has 0 amide bonds. The van der Waals surface area contributed by atoms with E-state index >= 15 is 0 Å². The molecule has 0 rings (SSSR count). The van der Waals surface area contributed by atoms with E-state index in [9.17, 15) is 8.76 Å². The van der Waals surface area contributed by atoms with Crippen LogP contribution in [0.1, 0.15) is 0 Å². The first-order valence-electron chi connectivity index (χ1n) is 1.08. The number of hydrogen-bond acceptors (Lipinski definition) is 5. The van der Waals surface area contributed by atoms with Crippen LogP contribution in [0.5, 0.6) is 0 Å². The molecule has 2 N–H and O–H groups in total. The second-order valence-corrected chi connectivity index (χ2v) is 2.04. The summed E-state index contributed by atoms with van der Waals surface area (Å²) in [7, 11) is -2.75. The molecule has 0 aromatic carbocycles. The minimum Gasteiger partial charge on any atom is -0.749 e. The van der Waals surface area contributed by atoms with Gasteiger partial charge in [0.2, 0.25) is 0 Å². The largest absolute Gasteiger partial charge is 0.749 e. The van der Waals surface area contributed by atoms with Gasteiger partial charge in [0.25, 0.3) is 0 Å². The second kappa shape index (κ2) is 3.43. The molecule has 0 radical (unpaired) electrons. The standard InChI is InChI=1S/H3O5PS/c1-6(2)5-7(3)4/h1-2H,(H,3,4)/p-1. The Morgan fingerprint density at radius 2 is 2.14 bits per heavy atom. The van der Waals surface area contributed by atoms with Crippen molar-refractivity contribution in [3.05, 3.63) is 0 Å². The van der Waals surface area contributed by atoms with Gasteiger partial charge in [0.15, 0.2) is 0 Å². The van der Waals surface area contributed by atoms with E-state index in [-0.39, 0.29) is 0 Å². The Bertz CT molecular complexity index is 68.5. The molecule has 1 atom stereocenters. The summed E-state index contributed by atoms with van der Waals surface area (Å²) in [5.74, 6) is 0. The maximum absolute atomic E-state index is 9.28. The molecule has 0 fully saturated rings. The maximum atomic E-state index is 9.28. The Hall–Kier alpha value is 0.420. The Kier molecular flexibility index (Phi) is 3.63. The second-order valence-electron chi connectivity index (χ2n) is 0.531. The van der Waals surface area contributed by atoms with E-state index in [2.05, 4.69) is 3.97 Å². The van der Waals surface area contributed by atoms with E-state index in [1.165, 1.54) is 0 Å². The van der Waals surface area contributed by atoms with Crippen LogP contribution in [0.2, 0.25) is 0 Å². The molecule has 0 bridgehead atoms. The molecule has 0 saturated carbocycles. The highest BCUT2D eigenvalue weighted by Gasteiger charge is 1.95. The van der Waals surface area contributed by atoms with Crippen LogP contribution in [0.4, 0.5) is 0 Å². The van der Waals surface area contributed by atoms with Gasteiger partial charge < -0.3 is 14.3 Å². The highest BCUT2D eigenvalue weighted by Crippen LogP contribution is 2.24. The van der Waals surface area contributed by atoms with E-state index in [1.807, 2.05) is 0 Å². The Balaban J connectivity index is 3.13. The Morgan fingerprint density at radius 3 is 2.14 bits per heavy atom. The molecule has 0 heterocycles. The summed E-state index contributed by atoms with van der Waals surface area (Å²) in [6.07, 6.45) is 0. The molecule has 0 saturated heterocycles. The zero-order chi connectivity index (χ0) is 5.86. The Labute approximate surface area is 43.4 Å². The van der Waals surface area contributed by atoms with Crippen LogP contribution >= 0.6 is 8.60 Å². The van der Waals surface area contributed by atoms with Crippen molar-refractivity contribution in [2.24, 2.45) is 0 Å². The van der Waals surface area contributed by atoms with Crippen LogP contribution in [0, 0.1) is 0 Å².